The third kappa shape index (κ3) is 3.85. The Labute approximate surface area is 152 Å². The minimum atomic E-state index is -3.36. The van der Waals surface area contributed by atoms with Crippen LogP contribution in [-0.4, -0.2) is 37.1 Å². The summed E-state index contributed by atoms with van der Waals surface area (Å²) in [6.45, 7) is 1.65. The number of hydrazone groups is 1. The predicted octanol–water partition coefficient (Wildman–Crippen LogP) is 2.07. The minimum absolute atomic E-state index is 0.0566. The second kappa shape index (κ2) is 7.57. The predicted molar refractivity (Wildman–Crippen MR) is 98.0 cm³/mol. The Bertz CT molecular complexity index is 908. The van der Waals surface area contributed by atoms with Gasteiger partial charge in [0.05, 0.1) is 4.90 Å². The Morgan fingerprint density at radius 2 is 1.73 bits per heavy atom. The van der Waals surface area contributed by atoms with E-state index >= 15 is 0 Å². The summed E-state index contributed by atoms with van der Waals surface area (Å²) in [7, 11) is -3.36. The summed E-state index contributed by atoms with van der Waals surface area (Å²) in [5, 5.41) is 13.6. The second-order valence-electron chi connectivity index (χ2n) is 5.68. The molecule has 0 aliphatic carbocycles. The standard InChI is InChI=1S/C18H20N2O5S/c1-3-18(17(21)22,16(20-19)13-7-5-4-6-8-13)25-14-9-11-15(12-10-14)26(2,23)24/h4-12H,3,19H2,1-2H3,(H,21,22). The summed E-state index contributed by atoms with van der Waals surface area (Å²) in [6, 6.07) is 14.2. The molecule has 0 saturated heterocycles. The van der Waals surface area contributed by atoms with Crippen molar-refractivity contribution < 1.29 is 23.1 Å². The SMILES string of the molecule is CCC(Oc1ccc(S(C)(=O)=O)cc1)(C(=O)O)C(=NN)c1ccccc1. The Balaban J connectivity index is 2.49. The van der Waals surface area contributed by atoms with Crippen LogP contribution < -0.4 is 10.6 Å². The molecule has 0 saturated carbocycles. The average molecular weight is 376 g/mol. The molecular formula is C18H20N2O5S. The molecule has 138 valence electrons. The molecule has 26 heavy (non-hydrogen) atoms. The lowest BCUT2D eigenvalue weighted by Crippen LogP contribution is -2.52. The number of benzene rings is 2. The smallest absolute Gasteiger partial charge is 0.354 e. The van der Waals surface area contributed by atoms with Gasteiger partial charge in [0.15, 0.2) is 9.84 Å². The number of nitrogens with zero attached hydrogens (tertiary/aromatic N) is 1. The molecule has 0 aromatic heterocycles. The van der Waals surface area contributed by atoms with Gasteiger partial charge in [-0.2, -0.15) is 5.10 Å². The lowest BCUT2D eigenvalue weighted by Gasteiger charge is -2.30. The molecule has 1 unspecified atom stereocenters. The summed E-state index contributed by atoms with van der Waals surface area (Å²) in [5.74, 6) is 4.45. The normalized spacial score (nSPS) is 14.5. The van der Waals surface area contributed by atoms with Gasteiger partial charge in [-0.25, -0.2) is 13.2 Å². The molecule has 0 spiro atoms. The zero-order valence-electron chi connectivity index (χ0n) is 14.4. The van der Waals surface area contributed by atoms with E-state index in [1.165, 1.54) is 24.3 Å². The van der Waals surface area contributed by atoms with Crippen molar-refractivity contribution in [1.82, 2.24) is 0 Å². The van der Waals surface area contributed by atoms with E-state index in [2.05, 4.69) is 5.10 Å². The first kappa shape index (κ1) is 19.5. The van der Waals surface area contributed by atoms with Crippen LogP contribution in [0.3, 0.4) is 0 Å². The first-order valence-corrected chi connectivity index (χ1v) is 9.70. The molecule has 0 fully saturated rings. The number of sulfone groups is 1. The van der Waals surface area contributed by atoms with Gasteiger partial charge >= 0.3 is 5.97 Å². The van der Waals surface area contributed by atoms with Crippen LogP contribution >= 0.6 is 0 Å². The van der Waals surface area contributed by atoms with Gasteiger partial charge in [-0.15, -0.1) is 0 Å². The quantitative estimate of drug-likeness (QED) is 0.434. The lowest BCUT2D eigenvalue weighted by molar-refractivity contribution is -0.149. The fourth-order valence-corrected chi connectivity index (χ4v) is 3.18. The van der Waals surface area contributed by atoms with Gasteiger partial charge in [0.25, 0.3) is 0 Å². The van der Waals surface area contributed by atoms with Crippen molar-refractivity contribution in [3.05, 3.63) is 60.2 Å². The first-order valence-electron chi connectivity index (χ1n) is 7.81. The van der Waals surface area contributed by atoms with Crippen LogP contribution in [0.5, 0.6) is 5.75 Å². The molecule has 2 aromatic rings. The van der Waals surface area contributed by atoms with Gasteiger partial charge in [-0.1, -0.05) is 37.3 Å². The third-order valence-corrected chi connectivity index (χ3v) is 5.07. The van der Waals surface area contributed by atoms with E-state index in [1.54, 1.807) is 37.3 Å². The molecule has 2 rings (SSSR count). The van der Waals surface area contributed by atoms with E-state index in [9.17, 15) is 18.3 Å². The lowest BCUT2D eigenvalue weighted by atomic mass is 9.89. The summed E-state index contributed by atoms with van der Waals surface area (Å²) in [5.41, 5.74) is -1.23. The molecule has 1 atom stereocenters. The van der Waals surface area contributed by atoms with Crippen molar-refractivity contribution in [2.24, 2.45) is 10.9 Å². The molecule has 0 bridgehead atoms. The van der Waals surface area contributed by atoms with Crippen molar-refractivity contribution in [2.45, 2.75) is 23.8 Å². The Hall–Kier alpha value is -2.87. The van der Waals surface area contributed by atoms with E-state index in [0.717, 1.165) is 6.26 Å². The van der Waals surface area contributed by atoms with Crippen molar-refractivity contribution >= 4 is 21.5 Å². The Morgan fingerprint density at radius 3 is 2.15 bits per heavy atom. The van der Waals surface area contributed by atoms with E-state index < -0.39 is 21.4 Å². The van der Waals surface area contributed by atoms with Crippen molar-refractivity contribution in [2.75, 3.05) is 6.26 Å². The highest BCUT2D eigenvalue weighted by atomic mass is 32.2. The van der Waals surface area contributed by atoms with Gasteiger partial charge in [-0.05, 0) is 24.3 Å². The van der Waals surface area contributed by atoms with E-state index in [4.69, 9.17) is 10.6 Å². The minimum Gasteiger partial charge on any atom is -0.478 e. The van der Waals surface area contributed by atoms with Crippen LogP contribution in [0.25, 0.3) is 0 Å². The largest absolute Gasteiger partial charge is 0.478 e. The van der Waals surface area contributed by atoms with Crippen LogP contribution in [0.1, 0.15) is 18.9 Å². The molecule has 0 aliphatic heterocycles. The molecule has 0 radical (unpaired) electrons. The van der Waals surface area contributed by atoms with E-state index in [0.29, 0.717) is 5.56 Å². The highest BCUT2D eigenvalue weighted by molar-refractivity contribution is 7.90. The summed E-state index contributed by atoms with van der Waals surface area (Å²) in [4.78, 5) is 12.2. The highest BCUT2D eigenvalue weighted by Crippen LogP contribution is 2.27. The molecule has 0 amide bonds. The Kier molecular flexibility index (Phi) is 5.66. The van der Waals surface area contributed by atoms with E-state index in [-0.39, 0.29) is 22.8 Å². The maximum Gasteiger partial charge on any atom is 0.354 e. The number of hydrogen-bond acceptors (Lipinski definition) is 6. The molecule has 7 nitrogen and oxygen atoms in total. The summed E-state index contributed by atoms with van der Waals surface area (Å²) in [6.07, 6.45) is 1.14. The average Bonchev–Trinajstić information content (AvgIpc) is 2.61. The molecule has 0 heterocycles. The van der Waals surface area contributed by atoms with Crippen LogP contribution in [0.15, 0.2) is 64.6 Å². The molecular weight excluding hydrogens is 356 g/mol. The zero-order chi connectivity index (χ0) is 19.4. The number of nitrogens with two attached hydrogens (primary N) is 1. The van der Waals surface area contributed by atoms with Crippen LogP contribution in [-0.2, 0) is 14.6 Å². The molecule has 3 N–H and O–H groups in total. The fraction of sp³-hybridized carbons (Fsp3) is 0.222. The molecule has 2 aromatic carbocycles. The number of ether oxygens (including phenoxy) is 1. The molecule has 8 heteroatoms. The first-order chi connectivity index (χ1) is 12.2. The van der Waals surface area contributed by atoms with Gasteiger partial charge in [0.1, 0.15) is 11.5 Å². The fourth-order valence-electron chi connectivity index (χ4n) is 2.55. The Morgan fingerprint density at radius 1 is 1.15 bits per heavy atom. The highest BCUT2D eigenvalue weighted by Gasteiger charge is 2.46. The summed E-state index contributed by atoms with van der Waals surface area (Å²) < 4.78 is 28.9. The van der Waals surface area contributed by atoms with Gasteiger partial charge in [-0.3, -0.25) is 0 Å². The number of hydrogen-bond donors (Lipinski definition) is 2. The van der Waals surface area contributed by atoms with Crippen LogP contribution in [0.2, 0.25) is 0 Å². The van der Waals surface area contributed by atoms with E-state index in [1.807, 2.05) is 0 Å². The van der Waals surface area contributed by atoms with Crippen LogP contribution in [0.4, 0.5) is 0 Å². The maximum atomic E-state index is 12.1. The van der Waals surface area contributed by atoms with Crippen molar-refractivity contribution in [3.8, 4) is 5.75 Å². The molecule has 0 aliphatic rings. The zero-order valence-corrected chi connectivity index (χ0v) is 15.2. The number of rotatable bonds is 7. The maximum absolute atomic E-state index is 12.1. The van der Waals surface area contributed by atoms with Crippen molar-refractivity contribution in [3.63, 3.8) is 0 Å². The van der Waals surface area contributed by atoms with Gasteiger partial charge in [0, 0.05) is 18.2 Å². The third-order valence-electron chi connectivity index (χ3n) is 3.95. The van der Waals surface area contributed by atoms with Crippen LogP contribution in [0, 0.1) is 0 Å². The van der Waals surface area contributed by atoms with Gasteiger partial charge in [0.2, 0.25) is 5.60 Å². The number of carboxylic acids is 1. The number of carboxylic acid groups (broad SMARTS) is 1. The summed E-state index contributed by atoms with van der Waals surface area (Å²) >= 11 is 0. The number of aliphatic carboxylic acids is 1. The number of carbonyl (C=O) groups is 1. The van der Waals surface area contributed by atoms with Gasteiger partial charge < -0.3 is 15.7 Å². The van der Waals surface area contributed by atoms with Crippen molar-refractivity contribution in [1.29, 1.82) is 0 Å². The monoisotopic (exact) mass is 376 g/mol. The second-order valence-corrected chi connectivity index (χ2v) is 7.69. The topological polar surface area (TPSA) is 119 Å².